The average molecular weight is 405 g/mol. The molecule has 0 aliphatic rings. The molecule has 0 fully saturated rings. The van der Waals surface area contributed by atoms with E-state index in [0.29, 0.717) is 0 Å². The van der Waals surface area contributed by atoms with Crippen LogP contribution in [-0.2, 0) is 0 Å². The van der Waals surface area contributed by atoms with Crippen LogP contribution in [0.15, 0.2) is 84.9 Å². The maximum Gasteiger partial charge on any atom is 0.145 e. The van der Waals surface area contributed by atoms with Crippen LogP contribution in [0.25, 0.3) is 48.3 Å². The lowest BCUT2D eigenvalue weighted by Crippen LogP contribution is -2.02. The van der Waals surface area contributed by atoms with Gasteiger partial charge in [0.05, 0.1) is 16.7 Å². The number of para-hydroxylation sites is 1. The van der Waals surface area contributed by atoms with Gasteiger partial charge in [-0.25, -0.2) is 4.98 Å². The zero-order valence-corrected chi connectivity index (χ0v) is 17.7. The first kappa shape index (κ1) is 17.4. The van der Waals surface area contributed by atoms with E-state index in [2.05, 4.69) is 103 Å². The summed E-state index contributed by atoms with van der Waals surface area (Å²) in [7, 11) is 0. The lowest BCUT2D eigenvalue weighted by atomic mass is 10.1. The quantitative estimate of drug-likeness (QED) is 0.289. The Morgan fingerprint density at radius 1 is 0.700 bits per heavy atom. The minimum Gasteiger partial charge on any atom is -0.292 e. The van der Waals surface area contributed by atoms with E-state index in [9.17, 15) is 0 Å². The van der Waals surface area contributed by atoms with Gasteiger partial charge < -0.3 is 0 Å². The average Bonchev–Trinajstić information content (AvgIpc) is 3.31. The first-order chi connectivity index (χ1) is 14.7. The third kappa shape index (κ3) is 2.52. The minimum atomic E-state index is 0.991. The van der Waals surface area contributed by atoms with Crippen molar-refractivity contribution in [1.29, 1.82) is 0 Å². The molecule has 0 saturated carbocycles. The highest BCUT2D eigenvalue weighted by Gasteiger charge is 2.19. The molecular formula is C27H20N2S. The Morgan fingerprint density at radius 3 is 2.23 bits per heavy atom. The standard InChI is InChI=1S/C27H20N2S/c1-17-9-8-10-18(2)26(17)29-23-15-21-20-13-6-7-14-24(20)30-25(21)16-22(23)28-27(29)19-11-4-3-5-12-19/h3-16H,1-2H3. The van der Waals surface area contributed by atoms with Gasteiger partial charge in [-0.15, -0.1) is 11.3 Å². The van der Waals surface area contributed by atoms with Crippen molar-refractivity contribution < 1.29 is 0 Å². The van der Waals surface area contributed by atoms with Crippen molar-refractivity contribution in [2.45, 2.75) is 13.8 Å². The maximum absolute atomic E-state index is 5.13. The van der Waals surface area contributed by atoms with E-state index >= 15 is 0 Å². The summed E-state index contributed by atoms with van der Waals surface area (Å²) in [5.41, 5.74) is 7.05. The fourth-order valence-electron chi connectivity index (χ4n) is 4.46. The predicted molar refractivity (Wildman–Crippen MR) is 129 cm³/mol. The van der Waals surface area contributed by atoms with Crippen molar-refractivity contribution in [2.75, 3.05) is 0 Å². The van der Waals surface area contributed by atoms with Gasteiger partial charge in [0.15, 0.2) is 0 Å². The van der Waals surface area contributed by atoms with Crippen LogP contribution in [0.3, 0.4) is 0 Å². The largest absolute Gasteiger partial charge is 0.292 e. The van der Waals surface area contributed by atoms with Gasteiger partial charge in [-0.05, 0) is 43.2 Å². The molecule has 2 heterocycles. The summed E-state index contributed by atoms with van der Waals surface area (Å²) in [6.45, 7) is 4.36. The third-order valence-electron chi connectivity index (χ3n) is 5.85. The second-order valence-electron chi connectivity index (χ2n) is 7.81. The normalized spacial score (nSPS) is 11.7. The Morgan fingerprint density at radius 2 is 1.43 bits per heavy atom. The van der Waals surface area contributed by atoms with Crippen LogP contribution in [0, 0.1) is 13.8 Å². The predicted octanol–water partition coefficient (Wildman–Crippen LogP) is 7.68. The first-order valence-corrected chi connectivity index (χ1v) is 11.0. The number of hydrogen-bond acceptors (Lipinski definition) is 2. The zero-order valence-electron chi connectivity index (χ0n) is 16.9. The molecule has 6 rings (SSSR count). The van der Waals surface area contributed by atoms with E-state index in [1.165, 1.54) is 37.0 Å². The topological polar surface area (TPSA) is 17.8 Å². The van der Waals surface area contributed by atoms with Gasteiger partial charge in [-0.2, -0.15) is 0 Å². The van der Waals surface area contributed by atoms with E-state index < -0.39 is 0 Å². The molecule has 2 nitrogen and oxygen atoms in total. The molecule has 0 unspecified atom stereocenters. The number of thiophene rings is 1. The SMILES string of the molecule is Cc1cccc(C)c1-n1c(-c2ccccc2)nc2cc3sc4ccccc4c3cc21. The Labute approximate surface area is 179 Å². The van der Waals surface area contributed by atoms with Crippen molar-refractivity contribution in [3.05, 3.63) is 96.1 Å². The number of fused-ring (bicyclic) bond motifs is 4. The highest BCUT2D eigenvalue weighted by atomic mass is 32.1. The minimum absolute atomic E-state index is 0.991. The second-order valence-corrected chi connectivity index (χ2v) is 8.90. The van der Waals surface area contributed by atoms with Crippen LogP contribution in [0.5, 0.6) is 0 Å². The Balaban J connectivity index is 1.78. The first-order valence-electron chi connectivity index (χ1n) is 10.2. The van der Waals surface area contributed by atoms with E-state index in [1.54, 1.807) is 0 Å². The van der Waals surface area contributed by atoms with Gasteiger partial charge in [0.25, 0.3) is 0 Å². The maximum atomic E-state index is 5.13. The van der Waals surface area contributed by atoms with Gasteiger partial charge in [0.1, 0.15) is 5.82 Å². The highest BCUT2D eigenvalue weighted by Crippen LogP contribution is 2.39. The van der Waals surface area contributed by atoms with Crippen molar-refractivity contribution in [3.63, 3.8) is 0 Å². The summed E-state index contributed by atoms with van der Waals surface area (Å²) < 4.78 is 4.96. The van der Waals surface area contributed by atoms with Gasteiger partial charge in [0.2, 0.25) is 0 Å². The van der Waals surface area contributed by atoms with Crippen molar-refractivity contribution in [1.82, 2.24) is 9.55 Å². The molecule has 0 amide bonds. The smallest absolute Gasteiger partial charge is 0.145 e. The second kappa shape index (κ2) is 6.54. The lowest BCUT2D eigenvalue weighted by molar-refractivity contribution is 1.06. The molecule has 6 aromatic rings. The molecule has 30 heavy (non-hydrogen) atoms. The number of nitrogens with zero attached hydrogens (tertiary/aromatic N) is 2. The molecule has 2 aromatic heterocycles. The molecule has 0 spiro atoms. The van der Waals surface area contributed by atoms with Crippen LogP contribution < -0.4 is 0 Å². The van der Waals surface area contributed by atoms with E-state index in [4.69, 9.17) is 4.98 Å². The fraction of sp³-hybridized carbons (Fsp3) is 0.0741. The number of imidazole rings is 1. The van der Waals surface area contributed by atoms with Crippen molar-refractivity contribution in [3.8, 4) is 17.1 Å². The van der Waals surface area contributed by atoms with E-state index in [1.807, 2.05) is 11.3 Å². The van der Waals surface area contributed by atoms with Gasteiger partial charge >= 0.3 is 0 Å². The van der Waals surface area contributed by atoms with Crippen LogP contribution >= 0.6 is 11.3 Å². The number of rotatable bonds is 2. The monoisotopic (exact) mass is 404 g/mol. The molecule has 3 heteroatoms. The number of aryl methyl sites for hydroxylation is 2. The van der Waals surface area contributed by atoms with Crippen LogP contribution in [0.1, 0.15) is 11.1 Å². The molecular weight excluding hydrogens is 384 g/mol. The molecule has 0 atom stereocenters. The molecule has 0 aliphatic heterocycles. The Bertz CT molecular complexity index is 1530. The number of aromatic nitrogens is 2. The van der Waals surface area contributed by atoms with Gasteiger partial charge in [0, 0.05) is 25.7 Å². The summed E-state index contributed by atoms with van der Waals surface area (Å²) in [5.74, 6) is 0.991. The summed E-state index contributed by atoms with van der Waals surface area (Å²) in [4.78, 5) is 5.13. The fourth-order valence-corrected chi connectivity index (χ4v) is 5.58. The molecule has 144 valence electrons. The van der Waals surface area contributed by atoms with Crippen LogP contribution in [-0.4, -0.2) is 9.55 Å². The Hall–Kier alpha value is -3.43. The van der Waals surface area contributed by atoms with Crippen molar-refractivity contribution >= 4 is 42.5 Å². The van der Waals surface area contributed by atoms with E-state index in [-0.39, 0.29) is 0 Å². The van der Waals surface area contributed by atoms with Gasteiger partial charge in [-0.3, -0.25) is 4.57 Å². The Kier molecular flexibility index (Phi) is 3.80. The number of hydrogen-bond donors (Lipinski definition) is 0. The molecule has 4 aromatic carbocycles. The van der Waals surface area contributed by atoms with E-state index in [0.717, 1.165) is 22.4 Å². The lowest BCUT2D eigenvalue weighted by Gasteiger charge is -2.15. The molecule has 0 saturated heterocycles. The zero-order chi connectivity index (χ0) is 20.2. The molecule has 0 N–H and O–H groups in total. The van der Waals surface area contributed by atoms with Crippen LogP contribution in [0.2, 0.25) is 0 Å². The molecule has 0 radical (unpaired) electrons. The molecule has 0 aliphatic carbocycles. The van der Waals surface area contributed by atoms with Crippen molar-refractivity contribution in [2.24, 2.45) is 0 Å². The van der Waals surface area contributed by atoms with Crippen LogP contribution in [0.4, 0.5) is 0 Å². The summed E-state index contributed by atoms with van der Waals surface area (Å²) >= 11 is 1.84. The third-order valence-corrected chi connectivity index (χ3v) is 6.98. The van der Waals surface area contributed by atoms with Gasteiger partial charge in [-0.1, -0.05) is 66.7 Å². The summed E-state index contributed by atoms with van der Waals surface area (Å²) in [5, 5.41) is 2.62. The number of benzene rings is 4. The molecule has 0 bridgehead atoms. The summed E-state index contributed by atoms with van der Waals surface area (Å²) in [6.07, 6.45) is 0. The summed E-state index contributed by atoms with van der Waals surface area (Å²) in [6, 6.07) is 30.2. The highest BCUT2D eigenvalue weighted by molar-refractivity contribution is 7.25.